The number of aryl methyl sites for hydroxylation is 2. The molecule has 2 rings (SSSR count). The fraction of sp³-hybridized carbons (Fsp3) is 0.455. The molecule has 0 aliphatic heterocycles. The van der Waals surface area contributed by atoms with Gasteiger partial charge in [-0.15, -0.1) is 10.2 Å². The Morgan fingerprint density at radius 2 is 2.17 bits per heavy atom. The fourth-order valence-corrected chi connectivity index (χ4v) is 2.43. The van der Waals surface area contributed by atoms with Gasteiger partial charge in [0.25, 0.3) is 5.56 Å². The molecular weight excluding hydrogens is 250 g/mol. The minimum Gasteiger partial charge on any atom is -0.360 e. The summed E-state index contributed by atoms with van der Waals surface area (Å²) >= 11 is 1.45. The summed E-state index contributed by atoms with van der Waals surface area (Å²) in [5.74, 6) is 0.695. The quantitative estimate of drug-likeness (QED) is 0.899. The van der Waals surface area contributed by atoms with Gasteiger partial charge in [0.2, 0.25) is 5.13 Å². The van der Waals surface area contributed by atoms with E-state index in [0.29, 0.717) is 12.4 Å². The van der Waals surface area contributed by atoms with Gasteiger partial charge in [0, 0.05) is 18.3 Å². The first-order chi connectivity index (χ1) is 8.60. The Hall–Kier alpha value is -1.76. The van der Waals surface area contributed by atoms with E-state index in [2.05, 4.69) is 20.5 Å². The highest BCUT2D eigenvalue weighted by molar-refractivity contribution is 7.15. The van der Waals surface area contributed by atoms with Crippen molar-refractivity contribution in [2.45, 2.75) is 27.3 Å². The third kappa shape index (κ3) is 2.73. The van der Waals surface area contributed by atoms with Crippen molar-refractivity contribution in [1.82, 2.24) is 19.7 Å². The number of rotatable bonds is 4. The highest BCUT2D eigenvalue weighted by Crippen LogP contribution is 2.15. The summed E-state index contributed by atoms with van der Waals surface area (Å²) in [6.07, 6.45) is 0. The van der Waals surface area contributed by atoms with E-state index in [9.17, 15) is 4.79 Å². The molecule has 7 heteroatoms. The van der Waals surface area contributed by atoms with Crippen LogP contribution in [0.3, 0.4) is 0 Å². The minimum absolute atomic E-state index is 0.0554. The monoisotopic (exact) mass is 265 g/mol. The third-order valence-corrected chi connectivity index (χ3v) is 3.28. The molecule has 1 N–H and O–H groups in total. The minimum atomic E-state index is -0.0554. The zero-order valence-corrected chi connectivity index (χ0v) is 11.4. The van der Waals surface area contributed by atoms with Crippen LogP contribution < -0.4 is 10.9 Å². The Morgan fingerprint density at radius 3 is 2.83 bits per heavy atom. The van der Waals surface area contributed by atoms with Gasteiger partial charge in [0.15, 0.2) is 0 Å². The Morgan fingerprint density at radius 1 is 1.39 bits per heavy atom. The molecule has 0 saturated carbocycles. The molecule has 0 atom stereocenters. The van der Waals surface area contributed by atoms with Crippen LogP contribution in [0.15, 0.2) is 10.9 Å². The van der Waals surface area contributed by atoms with Crippen molar-refractivity contribution in [1.29, 1.82) is 0 Å². The average Bonchev–Trinajstić information content (AvgIpc) is 2.72. The van der Waals surface area contributed by atoms with Crippen molar-refractivity contribution in [2.75, 3.05) is 11.9 Å². The van der Waals surface area contributed by atoms with Gasteiger partial charge in [-0.2, -0.15) is 0 Å². The average molecular weight is 265 g/mol. The molecule has 0 aliphatic rings. The summed E-state index contributed by atoms with van der Waals surface area (Å²) in [5, 5.41) is 12.7. The van der Waals surface area contributed by atoms with Gasteiger partial charge >= 0.3 is 0 Å². The molecule has 0 fully saturated rings. The molecule has 2 heterocycles. The lowest BCUT2D eigenvalue weighted by molar-refractivity contribution is 0.685. The first-order valence-electron chi connectivity index (χ1n) is 5.71. The van der Waals surface area contributed by atoms with Crippen LogP contribution in [0.4, 0.5) is 5.13 Å². The molecular formula is C11H15N5OS. The van der Waals surface area contributed by atoms with E-state index < -0.39 is 0 Å². The van der Waals surface area contributed by atoms with Crippen LogP contribution in [-0.2, 0) is 6.54 Å². The summed E-state index contributed by atoms with van der Waals surface area (Å²) in [6, 6.07) is 1.53. The molecule has 0 radical (unpaired) electrons. The molecule has 2 aromatic rings. The number of anilines is 1. The normalized spacial score (nSPS) is 10.6. The number of nitrogens with one attached hydrogen (secondary N) is 1. The summed E-state index contributed by atoms with van der Waals surface area (Å²) in [5.41, 5.74) is 0.680. The summed E-state index contributed by atoms with van der Waals surface area (Å²) in [6.45, 7) is 6.86. The number of hydrogen-bond acceptors (Lipinski definition) is 6. The van der Waals surface area contributed by atoms with Crippen molar-refractivity contribution < 1.29 is 0 Å². The van der Waals surface area contributed by atoms with Crippen molar-refractivity contribution in [2.24, 2.45) is 0 Å². The highest BCUT2D eigenvalue weighted by Gasteiger charge is 2.08. The van der Waals surface area contributed by atoms with Gasteiger partial charge in [-0.3, -0.25) is 9.36 Å². The second kappa shape index (κ2) is 5.26. The lowest BCUT2D eigenvalue weighted by Gasteiger charge is -2.06. The van der Waals surface area contributed by atoms with E-state index in [1.54, 1.807) is 4.57 Å². The lowest BCUT2D eigenvalue weighted by atomic mass is 10.4. The summed E-state index contributed by atoms with van der Waals surface area (Å²) < 4.78 is 1.60. The number of hydrogen-bond donors (Lipinski definition) is 1. The SMILES string of the molecule is CCNc1nnc(Cn2c(C)nc(C)cc2=O)s1. The predicted molar refractivity (Wildman–Crippen MR) is 71.1 cm³/mol. The van der Waals surface area contributed by atoms with E-state index in [1.165, 1.54) is 17.4 Å². The van der Waals surface area contributed by atoms with Crippen molar-refractivity contribution in [3.8, 4) is 0 Å². The zero-order valence-electron chi connectivity index (χ0n) is 10.6. The maximum absolute atomic E-state index is 11.9. The number of nitrogens with zero attached hydrogens (tertiary/aromatic N) is 4. The Labute approximate surface area is 109 Å². The molecule has 0 aliphatic carbocycles. The van der Waals surface area contributed by atoms with Crippen LogP contribution in [0, 0.1) is 13.8 Å². The van der Waals surface area contributed by atoms with Gasteiger partial charge in [0.05, 0.1) is 6.54 Å². The van der Waals surface area contributed by atoms with Crippen LogP contribution in [0.25, 0.3) is 0 Å². The Bertz CT molecular complexity index is 604. The molecule has 0 amide bonds. The van der Waals surface area contributed by atoms with Crippen LogP contribution >= 0.6 is 11.3 Å². The van der Waals surface area contributed by atoms with Crippen LogP contribution in [0.5, 0.6) is 0 Å². The molecule has 18 heavy (non-hydrogen) atoms. The van der Waals surface area contributed by atoms with Gasteiger partial charge in [0.1, 0.15) is 10.8 Å². The highest BCUT2D eigenvalue weighted by atomic mass is 32.1. The van der Waals surface area contributed by atoms with Crippen molar-refractivity contribution >= 4 is 16.5 Å². The van der Waals surface area contributed by atoms with E-state index in [-0.39, 0.29) is 5.56 Å². The van der Waals surface area contributed by atoms with E-state index in [4.69, 9.17) is 0 Å². The molecule has 2 aromatic heterocycles. The predicted octanol–water partition coefficient (Wildman–Crippen LogP) is 1.19. The maximum atomic E-state index is 11.9. The zero-order chi connectivity index (χ0) is 13.1. The second-order valence-electron chi connectivity index (χ2n) is 3.90. The third-order valence-electron chi connectivity index (χ3n) is 2.42. The van der Waals surface area contributed by atoms with E-state index in [0.717, 1.165) is 22.4 Å². The lowest BCUT2D eigenvalue weighted by Crippen LogP contribution is -2.24. The smallest absolute Gasteiger partial charge is 0.254 e. The van der Waals surface area contributed by atoms with Crippen LogP contribution in [0.1, 0.15) is 23.4 Å². The Kier molecular flexibility index (Phi) is 3.71. The Balaban J connectivity index is 2.25. The molecule has 0 saturated heterocycles. The molecule has 0 bridgehead atoms. The molecule has 96 valence electrons. The second-order valence-corrected chi connectivity index (χ2v) is 4.96. The summed E-state index contributed by atoms with van der Waals surface area (Å²) in [7, 11) is 0. The van der Waals surface area contributed by atoms with Crippen molar-refractivity contribution in [3.63, 3.8) is 0 Å². The first-order valence-corrected chi connectivity index (χ1v) is 6.53. The van der Waals surface area contributed by atoms with Crippen LogP contribution in [0.2, 0.25) is 0 Å². The van der Waals surface area contributed by atoms with Gasteiger partial charge in [-0.25, -0.2) is 4.98 Å². The summed E-state index contributed by atoms with van der Waals surface area (Å²) in [4.78, 5) is 16.1. The molecule has 0 aromatic carbocycles. The number of aromatic nitrogens is 4. The van der Waals surface area contributed by atoms with Gasteiger partial charge < -0.3 is 5.32 Å². The van der Waals surface area contributed by atoms with Gasteiger partial charge in [-0.1, -0.05) is 11.3 Å². The van der Waals surface area contributed by atoms with Gasteiger partial charge in [-0.05, 0) is 20.8 Å². The van der Waals surface area contributed by atoms with Crippen molar-refractivity contribution in [3.05, 3.63) is 32.9 Å². The van der Waals surface area contributed by atoms with Crippen LogP contribution in [-0.4, -0.2) is 26.3 Å². The molecule has 0 unspecified atom stereocenters. The molecule has 0 spiro atoms. The van der Waals surface area contributed by atoms with E-state index >= 15 is 0 Å². The molecule has 6 nitrogen and oxygen atoms in total. The fourth-order valence-electron chi connectivity index (χ4n) is 1.63. The largest absolute Gasteiger partial charge is 0.360 e. The maximum Gasteiger partial charge on any atom is 0.254 e. The first kappa shape index (κ1) is 12.7. The van der Waals surface area contributed by atoms with E-state index in [1.807, 2.05) is 20.8 Å². The standard InChI is InChI=1S/C11H15N5OS/c1-4-12-11-15-14-9(18-11)6-16-8(3)13-7(2)5-10(16)17/h5H,4,6H2,1-3H3,(H,12,15). The topological polar surface area (TPSA) is 72.7 Å².